The molecule has 0 radical (unpaired) electrons. The quantitative estimate of drug-likeness (QED) is 0.877. The van der Waals surface area contributed by atoms with E-state index in [0.29, 0.717) is 12.2 Å². The lowest BCUT2D eigenvalue weighted by molar-refractivity contribution is 0.600. The summed E-state index contributed by atoms with van der Waals surface area (Å²) in [6.07, 6.45) is 1.42. The van der Waals surface area contributed by atoms with Gasteiger partial charge in [0, 0.05) is 17.2 Å². The molecule has 6 nitrogen and oxygen atoms in total. The Balaban J connectivity index is 2.40. The lowest BCUT2D eigenvalue weighted by atomic mass is 10.2. The van der Waals surface area contributed by atoms with Gasteiger partial charge in [0.25, 0.3) is 10.0 Å². The first-order valence-corrected chi connectivity index (χ1v) is 8.23. The van der Waals surface area contributed by atoms with Crippen LogP contribution < -0.4 is 10.5 Å². The maximum Gasteiger partial charge on any atom is 0.267 e. The van der Waals surface area contributed by atoms with Gasteiger partial charge in [0.05, 0.1) is 5.69 Å². The van der Waals surface area contributed by atoms with Crippen LogP contribution in [-0.4, -0.2) is 18.2 Å². The van der Waals surface area contributed by atoms with Gasteiger partial charge in [-0.15, -0.1) is 0 Å². The SMILES string of the molecule is CCn1cc(S(=O)(=O)Nc2cccc(Br)c2C)c(N)n1. The normalized spacial score (nSPS) is 11.6. The number of hydrogen-bond donors (Lipinski definition) is 2. The van der Waals surface area contributed by atoms with Gasteiger partial charge in [-0.3, -0.25) is 9.40 Å². The standard InChI is InChI=1S/C12H15BrN4O2S/c1-3-17-7-11(12(14)15-17)20(18,19)16-10-6-4-5-9(13)8(10)2/h4-7,16H,3H2,1-2H3,(H2,14,15). The van der Waals surface area contributed by atoms with E-state index in [2.05, 4.69) is 25.8 Å². The van der Waals surface area contributed by atoms with Gasteiger partial charge < -0.3 is 5.73 Å². The molecule has 1 aromatic heterocycles. The van der Waals surface area contributed by atoms with Gasteiger partial charge in [0.2, 0.25) is 0 Å². The van der Waals surface area contributed by atoms with Crippen LogP contribution in [0.2, 0.25) is 0 Å². The molecule has 0 bridgehead atoms. The number of nitrogens with zero attached hydrogens (tertiary/aromatic N) is 2. The number of sulfonamides is 1. The molecule has 0 saturated heterocycles. The van der Waals surface area contributed by atoms with Crippen LogP contribution in [0, 0.1) is 6.92 Å². The van der Waals surface area contributed by atoms with Gasteiger partial charge in [-0.2, -0.15) is 5.10 Å². The molecule has 0 atom stereocenters. The van der Waals surface area contributed by atoms with E-state index in [1.165, 1.54) is 10.9 Å². The molecule has 0 aliphatic heterocycles. The van der Waals surface area contributed by atoms with Crippen LogP contribution in [0.5, 0.6) is 0 Å². The number of nitrogens with two attached hydrogens (primary N) is 1. The van der Waals surface area contributed by atoms with E-state index >= 15 is 0 Å². The molecule has 0 saturated carbocycles. The highest BCUT2D eigenvalue weighted by Gasteiger charge is 2.22. The van der Waals surface area contributed by atoms with Crippen LogP contribution in [0.15, 0.2) is 33.8 Å². The average molecular weight is 359 g/mol. The summed E-state index contributed by atoms with van der Waals surface area (Å²) in [4.78, 5) is -0.0151. The number of halogens is 1. The van der Waals surface area contributed by atoms with E-state index in [1.807, 2.05) is 19.9 Å². The number of rotatable bonds is 4. The molecule has 2 aromatic rings. The van der Waals surface area contributed by atoms with Gasteiger partial charge in [0.15, 0.2) is 5.82 Å². The van der Waals surface area contributed by atoms with Crippen LogP contribution in [0.1, 0.15) is 12.5 Å². The number of nitrogen functional groups attached to an aromatic ring is 1. The van der Waals surface area contributed by atoms with E-state index in [-0.39, 0.29) is 10.7 Å². The first kappa shape index (κ1) is 14.9. The smallest absolute Gasteiger partial charge is 0.267 e. The minimum Gasteiger partial charge on any atom is -0.381 e. The van der Waals surface area contributed by atoms with Gasteiger partial charge >= 0.3 is 0 Å². The van der Waals surface area contributed by atoms with Crippen molar-refractivity contribution in [1.29, 1.82) is 0 Å². The molecular formula is C12H15BrN4O2S. The Kier molecular flexibility index (Phi) is 4.05. The molecule has 1 heterocycles. The predicted molar refractivity (Wildman–Crippen MR) is 82.0 cm³/mol. The molecule has 0 aliphatic rings. The van der Waals surface area contributed by atoms with E-state index in [4.69, 9.17) is 5.73 Å². The van der Waals surface area contributed by atoms with Crippen molar-refractivity contribution in [2.45, 2.75) is 25.3 Å². The molecule has 0 unspecified atom stereocenters. The summed E-state index contributed by atoms with van der Waals surface area (Å²) in [6, 6.07) is 5.29. The number of anilines is 2. The molecule has 0 amide bonds. The second kappa shape index (κ2) is 5.45. The lowest BCUT2D eigenvalue weighted by Gasteiger charge is -2.10. The average Bonchev–Trinajstić information content (AvgIpc) is 2.77. The Morgan fingerprint density at radius 3 is 2.75 bits per heavy atom. The third-order valence-electron chi connectivity index (χ3n) is 2.88. The Morgan fingerprint density at radius 1 is 1.45 bits per heavy atom. The van der Waals surface area contributed by atoms with Crippen molar-refractivity contribution in [3.8, 4) is 0 Å². The van der Waals surface area contributed by atoms with Gasteiger partial charge in [-0.25, -0.2) is 8.42 Å². The van der Waals surface area contributed by atoms with Crippen LogP contribution in [-0.2, 0) is 16.6 Å². The second-order valence-corrected chi connectivity index (χ2v) is 6.76. The van der Waals surface area contributed by atoms with Gasteiger partial charge in [-0.1, -0.05) is 22.0 Å². The molecule has 0 spiro atoms. The summed E-state index contributed by atoms with van der Waals surface area (Å²) >= 11 is 3.36. The summed E-state index contributed by atoms with van der Waals surface area (Å²) in [6.45, 7) is 4.23. The third-order valence-corrected chi connectivity index (χ3v) is 5.12. The Bertz CT molecular complexity index is 740. The monoisotopic (exact) mass is 358 g/mol. The Hall–Kier alpha value is -1.54. The predicted octanol–water partition coefficient (Wildman–Crippen LogP) is 2.36. The van der Waals surface area contributed by atoms with Crippen LogP contribution in [0.25, 0.3) is 0 Å². The molecule has 0 aliphatic carbocycles. The van der Waals surface area contributed by atoms with Crippen molar-refractivity contribution >= 4 is 37.5 Å². The molecule has 20 heavy (non-hydrogen) atoms. The van der Waals surface area contributed by atoms with Crippen LogP contribution in [0.3, 0.4) is 0 Å². The molecular weight excluding hydrogens is 344 g/mol. The number of hydrogen-bond acceptors (Lipinski definition) is 4. The summed E-state index contributed by atoms with van der Waals surface area (Å²) in [5.74, 6) is -0.00741. The first-order chi connectivity index (χ1) is 9.35. The molecule has 2 rings (SSSR count). The minimum absolute atomic E-state index is 0.00741. The number of aromatic nitrogens is 2. The minimum atomic E-state index is -3.75. The summed E-state index contributed by atoms with van der Waals surface area (Å²) in [5.41, 5.74) is 6.97. The Morgan fingerprint density at radius 2 is 2.15 bits per heavy atom. The van der Waals surface area contributed by atoms with Crippen molar-refractivity contribution in [1.82, 2.24) is 9.78 Å². The van der Waals surface area contributed by atoms with E-state index in [9.17, 15) is 8.42 Å². The fourth-order valence-corrected chi connectivity index (χ4v) is 3.27. The highest BCUT2D eigenvalue weighted by molar-refractivity contribution is 9.10. The molecule has 0 fully saturated rings. The third kappa shape index (κ3) is 2.80. The van der Waals surface area contributed by atoms with Gasteiger partial charge in [0.1, 0.15) is 4.90 Å². The van der Waals surface area contributed by atoms with E-state index < -0.39 is 10.0 Å². The zero-order valence-electron chi connectivity index (χ0n) is 11.1. The second-order valence-electron chi connectivity index (χ2n) is 4.25. The van der Waals surface area contributed by atoms with E-state index in [1.54, 1.807) is 12.1 Å². The highest BCUT2D eigenvalue weighted by atomic mass is 79.9. The summed E-state index contributed by atoms with van der Waals surface area (Å²) in [5, 5.41) is 3.94. The van der Waals surface area contributed by atoms with Gasteiger partial charge in [-0.05, 0) is 31.5 Å². The molecule has 3 N–H and O–H groups in total. The number of benzene rings is 1. The lowest BCUT2D eigenvalue weighted by Crippen LogP contribution is -2.14. The maximum atomic E-state index is 12.4. The number of aryl methyl sites for hydroxylation is 1. The first-order valence-electron chi connectivity index (χ1n) is 5.96. The topological polar surface area (TPSA) is 90.0 Å². The summed E-state index contributed by atoms with van der Waals surface area (Å²) in [7, 11) is -3.75. The van der Waals surface area contributed by atoms with Crippen molar-refractivity contribution in [3.63, 3.8) is 0 Å². The molecule has 1 aromatic carbocycles. The molecule has 108 valence electrons. The molecule has 8 heteroatoms. The van der Waals surface area contributed by atoms with Crippen LogP contribution >= 0.6 is 15.9 Å². The van der Waals surface area contributed by atoms with Crippen molar-refractivity contribution in [2.75, 3.05) is 10.5 Å². The van der Waals surface area contributed by atoms with Crippen molar-refractivity contribution in [3.05, 3.63) is 34.4 Å². The van der Waals surface area contributed by atoms with Crippen molar-refractivity contribution in [2.24, 2.45) is 0 Å². The maximum absolute atomic E-state index is 12.4. The Labute approximate surface area is 126 Å². The van der Waals surface area contributed by atoms with Crippen LogP contribution in [0.4, 0.5) is 11.5 Å². The van der Waals surface area contributed by atoms with E-state index in [0.717, 1.165) is 10.0 Å². The fraction of sp³-hybridized carbons (Fsp3) is 0.250. The largest absolute Gasteiger partial charge is 0.381 e. The highest BCUT2D eigenvalue weighted by Crippen LogP contribution is 2.27. The zero-order valence-corrected chi connectivity index (χ0v) is 13.5. The fourth-order valence-electron chi connectivity index (χ4n) is 1.70. The van der Waals surface area contributed by atoms with Crippen molar-refractivity contribution < 1.29 is 8.42 Å². The zero-order chi connectivity index (χ0) is 14.9. The summed E-state index contributed by atoms with van der Waals surface area (Å²) < 4.78 is 29.6. The number of nitrogens with one attached hydrogen (secondary N) is 1.